The van der Waals surface area contributed by atoms with E-state index >= 15 is 0 Å². The molecule has 0 heterocycles. The van der Waals surface area contributed by atoms with Crippen molar-refractivity contribution in [1.82, 2.24) is 0 Å². The summed E-state index contributed by atoms with van der Waals surface area (Å²) in [7, 11) is 0. The number of hydrogen-bond donors (Lipinski definition) is 0. The van der Waals surface area contributed by atoms with Gasteiger partial charge in [0.2, 0.25) is 0 Å². The van der Waals surface area contributed by atoms with E-state index < -0.39 is 0 Å². The van der Waals surface area contributed by atoms with Gasteiger partial charge in [0, 0.05) is 0 Å². The zero-order chi connectivity index (χ0) is 0. The second-order valence-corrected chi connectivity index (χ2v) is 0. The summed E-state index contributed by atoms with van der Waals surface area (Å²) < 4.78 is 0. The molecule has 0 amide bonds. The van der Waals surface area contributed by atoms with Crippen molar-refractivity contribution in [2.45, 2.75) is 0 Å². The van der Waals surface area contributed by atoms with Crippen molar-refractivity contribution in [3.63, 3.8) is 0 Å². The minimum absolute atomic E-state index is 0. The van der Waals surface area contributed by atoms with Crippen LogP contribution in [-0.2, 0) is 20.4 Å². The molecule has 0 rings (SSSR count). The first-order valence-corrected chi connectivity index (χ1v) is 0. The SMILES string of the molecule is [Cl-].[Cl-].[PH5].[Pd+2]. The van der Waals surface area contributed by atoms with Crippen LogP contribution in [0.2, 0.25) is 0 Å². The first-order valence-electron chi connectivity index (χ1n) is 0. The maximum Gasteiger partial charge on any atom is 2.00 e. The van der Waals surface area contributed by atoms with E-state index in [-0.39, 0.29) is 55.1 Å². The van der Waals surface area contributed by atoms with Crippen LogP contribution in [0.3, 0.4) is 0 Å². The van der Waals surface area contributed by atoms with Crippen LogP contribution in [-0.4, -0.2) is 0 Å². The molecule has 0 aliphatic rings. The van der Waals surface area contributed by atoms with Crippen LogP contribution in [0.25, 0.3) is 0 Å². The van der Waals surface area contributed by atoms with Crippen LogP contribution in [0.1, 0.15) is 0 Å². The van der Waals surface area contributed by atoms with Crippen molar-refractivity contribution >= 4 is 9.90 Å². The third-order valence-electron chi connectivity index (χ3n) is 0. The third kappa shape index (κ3) is 9.38. The van der Waals surface area contributed by atoms with E-state index in [4.69, 9.17) is 0 Å². The Balaban J connectivity index is 0. The maximum atomic E-state index is 0. The van der Waals surface area contributed by atoms with E-state index in [9.17, 15) is 0 Å². The Hall–Kier alpha value is 1.67. The molecule has 0 saturated carbocycles. The molecule has 4 heteroatoms. The molecule has 0 aromatic heterocycles. The summed E-state index contributed by atoms with van der Waals surface area (Å²) in [6.45, 7) is 0. The monoisotopic (exact) mass is 212 g/mol. The smallest absolute Gasteiger partial charge is 2.00 e. The molecule has 4 heavy (non-hydrogen) atoms. The molecule has 0 saturated heterocycles. The fourth-order valence-corrected chi connectivity index (χ4v) is 0. The van der Waals surface area contributed by atoms with Crippen LogP contribution in [0.5, 0.6) is 0 Å². The van der Waals surface area contributed by atoms with E-state index in [1.165, 1.54) is 0 Å². The Morgan fingerprint density at radius 2 is 0.750 bits per heavy atom. The topological polar surface area (TPSA) is 0 Å². The molecule has 0 atom stereocenters. The molecular formula is H5Cl2PPd. The Bertz CT molecular complexity index is 6.00. The molecule has 0 N–H and O–H groups in total. The van der Waals surface area contributed by atoms with Gasteiger partial charge in [-0.2, -0.15) is 0 Å². The van der Waals surface area contributed by atoms with Crippen molar-refractivity contribution in [2.75, 3.05) is 0 Å². The zero-order valence-corrected chi connectivity index (χ0v) is 4.14. The molecule has 0 aromatic carbocycles. The summed E-state index contributed by atoms with van der Waals surface area (Å²) in [4.78, 5) is 0. The van der Waals surface area contributed by atoms with Crippen LogP contribution < -0.4 is 24.8 Å². The Kier molecular flexibility index (Phi) is 249. The molecule has 0 radical (unpaired) electrons. The van der Waals surface area contributed by atoms with Crippen LogP contribution in [0.15, 0.2) is 0 Å². The molecule has 0 fully saturated rings. The summed E-state index contributed by atoms with van der Waals surface area (Å²) >= 11 is 0. The Labute approximate surface area is 55.2 Å². The summed E-state index contributed by atoms with van der Waals surface area (Å²) in [5.74, 6) is 0. The van der Waals surface area contributed by atoms with Gasteiger partial charge in [0.05, 0.1) is 0 Å². The zero-order valence-electron chi connectivity index (χ0n) is 1.07. The van der Waals surface area contributed by atoms with Gasteiger partial charge in [-0.15, -0.1) is 0 Å². The van der Waals surface area contributed by atoms with E-state index in [1.54, 1.807) is 0 Å². The molecule has 0 nitrogen and oxygen atoms in total. The van der Waals surface area contributed by atoms with Gasteiger partial charge in [-0.25, -0.2) is 0 Å². The van der Waals surface area contributed by atoms with Crippen molar-refractivity contribution < 1.29 is 45.2 Å². The van der Waals surface area contributed by atoms with E-state index in [0.717, 1.165) is 0 Å². The fourth-order valence-electron chi connectivity index (χ4n) is 0. The molecule has 0 aromatic rings. The van der Waals surface area contributed by atoms with Crippen LogP contribution >= 0.6 is 9.90 Å². The second-order valence-electron chi connectivity index (χ2n) is 0. The average molecular weight is 213 g/mol. The minimum atomic E-state index is 0. The fraction of sp³-hybridized carbons (Fsp3) is 0. The maximum absolute atomic E-state index is 0. The summed E-state index contributed by atoms with van der Waals surface area (Å²) in [5, 5.41) is 0. The first kappa shape index (κ1) is 44.3. The molecule has 0 unspecified atom stereocenters. The van der Waals surface area contributed by atoms with Gasteiger partial charge in [-0.05, 0) is 0 Å². The Morgan fingerprint density at radius 1 is 0.750 bits per heavy atom. The minimum Gasteiger partial charge on any atom is 2.00 e. The quantitative estimate of drug-likeness (QED) is 0.277. The van der Waals surface area contributed by atoms with Gasteiger partial charge >= 0.3 is 30.3 Å². The first-order chi connectivity index (χ1) is 0. The average Bonchev–Trinajstić information content (AvgIpc) is 0. The Morgan fingerprint density at radius 3 is 0.750 bits per heavy atom. The largest absolute Gasteiger partial charge is 2.00 e. The molecule has 0 aliphatic carbocycles. The van der Waals surface area contributed by atoms with Gasteiger partial charge in [-0.3, -0.25) is 0 Å². The number of halogens is 2. The molecule has 0 aliphatic heterocycles. The van der Waals surface area contributed by atoms with Crippen molar-refractivity contribution in [3.05, 3.63) is 0 Å². The summed E-state index contributed by atoms with van der Waals surface area (Å²) in [6, 6.07) is 0. The van der Waals surface area contributed by atoms with Gasteiger partial charge in [0.25, 0.3) is 0 Å². The van der Waals surface area contributed by atoms with Crippen molar-refractivity contribution in [2.24, 2.45) is 0 Å². The molecule has 34 valence electrons. The molecular weight excluding hydrogens is 208 g/mol. The van der Waals surface area contributed by atoms with Crippen molar-refractivity contribution in [1.29, 1.82) is 0 Å². The van der Waals surface area contributed by atoms with E-state index in [1.807, 2.05) is 0 Å². The third-order valence-corrected chi connectivity index (χ3v) is 0. The van der Waals surface area contributed by atoms with E-state index in [0.29, 0.717) is 0 Å². The second kappa shape index (κ2) is 22.5. The van der Waals surface area contributed by atoms with Gasteiger partial charge in [-0.1, -0.05) is 0 Å². The predicted molar refractivity (Wildman–Crippen MR) is 13.9 cm³/mol. The summed E-state index contributed by atoms with van der Waals surface area (Å²) in [6.07, 6.45) is 0. The van der Waals surface area contributed by atoms with Gasteiger partial charge in [0.15, 0.2) is 0 Å². The van der Waals surface area contributed by atoms with E-state index in [2.05, 4.69) is 0 Å². The van der Waals surface area contributed by atoms with Gasteiger partial charge < -0.3 is 24.8 Å². The molecule has 0 spiro atoms. The van der Waals surface area contributed by atoms with Gasteiger partial charge in [0.1, 0.15) is 0 Å². The van der Waals surface area contributed by atoms with Crippen LogP contribution in [0, 0.1) is 0 Å². The molecule has 0 bridgehead atoms. The standard InChI is InChI=1S/2ClH.H5P.Pd/h2*1H;1H5;/q;;;+2/p-2. The summed E-state index contributed by atoms with van der Waals surface area (Å²) in [5.41, 5.74) is 0. The van der Waals surface area contributed by atoms with Crippen LogP contribution in [0.4, 0.5) is 0 Å². The van der Waals surface area contributed by atoms with Crippen molar-refractivity contribution in [3.8, 4) is 0 Å². The predicted octanol–water partition coefficient (Wildman–Crippen LogP) is -6.47. The number of rotatable bonds is 0. The normalized spacial score (nSPS) is 0. The number of hydrogen-bond acceptors (Lipinski definition) is 0.